The second kappa shape index (κ2) is 15.3. The third-order valence-corrected chi connectivity index (χ3v) is 5.79. The molecule has 2 aromatic carbocycles. The van der Waals surface area contributed by atoms with Gasteiger partial charge >= 0.3 is 0 Å². The lowest BCUT2D eigenvalue weighted by Crippen LogP contribution is -2.32. The Kier molecular flexibility index (Phi) is 12.2. The molecule has 1 saturated heterocycles. The first kappa shape index (κ1) is 31.0. The maximum absolute atomic E-state index is 14.4. The van der Waals surface area contributed by atoms with Crippen molar-refractivity contribution < 1.29 is 23.5 Å². The Morgan fingerprint density at radius 1 is 1.23 bits per heavy atom. The summed E-state index contributed by atoms with van der Waals surface area (Å²) in [7, 11) is 1.51. The van der Waals surface area contributed by atoms with Crippen molar-refractivity contribution in [3.63, 3.8) is 0 Å². The van der Waals surface area contributed by atoms with E-state index >= 15 is 0 Å². The summed E-state index contributed by atoms with van der Waals surface area (Å²) in [6, 6.07) is 13.4. The fourth-order valence-electron chi connectivity index (χ4n) is 4.00. The summed E-state index contributed by atoms with van der Waals surface area (Å²) in [4.78, 5) is 24.7. The third-order valence-electron chi connectivity index (χ3n) is 5.79. The lowest BCUT2D eigenvalue weighted by Gasteiger charge is -2.27. The van der Waals surface area contributed by atoms with E-state index in [0.29, 0.717) is 29.9 Å². The van der Waals surface area contributed by atoms with Crippen molar-refractivity contribution >= 4 is 17.6 Å². The summed E-state index contributed by atoms with van der Waals surface area (Å²) in [6.45, 7) is 9.85. The Labute approximate surface area is 229 Å². The van der Waals surface area contributed by atoms with Gasteiger partial charge in [-0.05, 0) is 31.0 Å². The number of halogens is 1. The lowest BCUT2D eigenvalue weighted by atomic mass is 10.0. The highest BCUT2D eigenvalue weighted by molar-refractivity contribution is 6.03. The van der Waals surface area contributed by atoms with Gasteiger partial charge in [-0.3, -0.25) is 9.59 Å². The average molecular weight is 540 g/mol. The van der Waals surface area contributed by atoms with Crippen LogP contribution in [0, 0.1) is 0 Å². The molecule has 2 amide bonds. The molecule has 2 atom stereocenters. The monoisotopic (exact) mass is 539 g/mol. The van der Waals surface area contributed by atoms with Crippen LogP contribution in [0.15, 0.2) is 61.2 Å². The van der Waals surface area contributed by atoms with Gasteiger partial charge in [0.1, 0.15) is 29.0 Å². The second-order valence-electron chi connectivity index (χ2n) is 8.35. The highest BCUT2D eigenvalue weighted by atomic mass is 19.1. The zero-order valence-electron chi connectivity index (χ0n) is 22.9. The van der Waals surface area contributed by atoms with Crippen LogP contribution in [0.2, 0.25) is 0 Å². The number of carbonyl (C=O) groups is 2. The molecule has 3 aromatic rings. The molecule has 2 unspecified atom stereocenters. The predicted molar refractivity (Wildman–Crippen MR) is 151 cm³/mol. The number of alkyl halides is 1. The molecule has 39 heavy (non-hydrogen) atoms. The minimum atomic E-state index is -1.29. The summed E-state index contributed by atoms with van der Waals surface area (Å²) in [6.07, 6.45) is 0.842. The van der Waals surface area contributed by atoms with Crippen LogP contribution in [0.5, 0.6) is 5.75 Å². The Morgan fingerprint density at radius 2 is 1.87 bits per heavy atom. The number of primary amides is 1. The molecular formula is C29H38FN5O4. The summed E-state index contributed by atoms with van der Waals surface area (Å²) < 4.78 is 26.1. The molecule has 1 aliphatic heterocycles. The van der Waals surface area contributed by atoms with E-state index < -0.39 is 18.1 Å². The van der Waals surface area contributed by atoms with Crippen LogP contribution in [0.25, 0.3) is 11.3 Å². The van der Waals surface area contributed by atoms with Crippen molar-refractivity contribution in [3.05, 3.63) is 77.9 Å². The first-order valence-electron chi connectivity index (χ1n) is 12.8. The van der Waals surface area contributed by atoms with Crippen LogP contribution < -0.4 is 21.5 Å². The number of nitrogens with two attached hydrogens (primary N) is 2. The number of nitrogens with zero attached hydrogens (tertiary/aromatic N) is 2. The van der Waals surface area contributed by atoms with E-state index in [9.17, 15) is 14.0 Å². The van der Waals surface area contributed by atoms with E-state index in [4.69, 9.17) is 20.9 Å². The van der Waals surface area contributed by atoms with Crippen molar-refractivity contribution in [1.29, 1.82) is 0 Å². The molecule has 9 nitrogen and oxygen atoms in total. The number of aromatic nitrogens is 2. The molecule has 1 aromatic heterocycles. The average Bonchev–Trinajstić information content (AvgIpc) is 3.30. The second-order valence-corrected chi connectivity index (χ2v) is 8.35. The maximum atomic E-state index is 14.4. The third kappa shape index (κ3) is 7.67. The van der Waals surface area contributed by atoms with Crippen LogP contribution >= 0.6 is 0 Å². The van der Waals surface area contributed by atoms with Crippen LogP contribution in [0.1, 0.15) is 59.5 Å². The van der Waals surface area contributed by atoms with Crippen LogP contribution in [-0.4, -0.2) is 48.1 Å². The van der Waals surface area contributed by atoms with E-state index in [1.165, 1.54) is 11.8 Å². The molecule has 4 rings (SSSR count). The van der Waals surface area contributed by atoms with Crippen molar-refractivity contribution in [2.24, 2.45) is 5.73 Å². The number of benzene rings is 2. The molecule has 2 heterocycles. The number of nitrogens with one attached hydrogen (secondary N) is 1. The Morgan fingerprint density at radius 3 is 2.46 bits per heavy atom. The predicted octanol–water partition coefficient (Wildman–Crippen LogP) is 4.69. The topological polar surface area (TPSA) is 134 Å². The van der Waals surface area contributed by atoms with Crippen molar-refractivity contribution in [1.82, 2.24) is 15.1 Å². The van der Waals surface area contributed by atoms with Crippen LogP contribution in [-0.2, 0) is 11.3 Å². The molecule has 210 valence electrons. The Bertz CT molecular complexity index is 1240. The molecule has 0 radical (unpaired) electrons. The Hall–Kier alpha value is -4.18. The van der Waals surface area contributed by atoms with E-state index in [0.717, 1.165) is 5.56 Å². The van der Waals surface area contributed by atoms with Gasteiger partial charge in [0.05, 0.1) is 25.3 Å². The summed E-state index contributed by atoms with van der Waals surface area (Å²) in [5.74, 6) is -0.483. The number of hydrogen-bond donors (Lipinski definition) is 3. The van der Waals surface area contributed by atoms with Gasteiger partial charge in [0.15, 0.2) is 0 Å². The van der Waals surface area contributed by atoms with Gasteiger partial charge in [0, 0.05) is 18.7 Å². The number of allylic oxidation sites excluding steroid dienone is 1. The molecule has 0 aliphatic carbocycles. The van der Waals surface area contributed by atoms with Crippen molar-refractivity contribution in [2.45, 2.75) is 46.0 Å². The largest absolute Gasteiger partial charge is 0.496 e. The minimum Gasteiger partial charge on any atom is -0.496 e. The van der Waals surface area contributed by atoms with Gasteiger partial charge in [-0.15, -0.1) is 6.58 Å². The number of carbonyl (C=O) groups excluding carboxylic acids is 2. The zero-order valence-corrected chi connectivity index (χ0v) is 22.9. The van der Waals surface area contributed by atoms with Gasteiger partial charge in [-0.2, -0.15) is 5.10 Å². The van der Waals surface area contributed by atoms with Crippen molar-refractivity contribution in [2.75, 3.05) is 26.1 Å². The van der Waals surface area contributed by atoms with Crippen LogP contribution in [0.4, 0.5) is 10.2 Å². The fourth-order valence-corrected chi connectivity index (χ4v) is 4.00. The summed E-state index contributed by atoms with van der Waals surface area (Å²) in [5, 5.41) is 7.30. The number of ether oxygens (including phenoxy) is 2. The number of rotatable bonds is 7. The Balaban J connectivity index is 0.000000998. The van der Waals surface area contributed by atoms with Gasteiger partial charge in [0.2, 0.25) is 0 Å². The van der Waals surface area contributed by atoms with Gasteiger partial charge in [0.25, 0.3) is 11.8 Å². The highest BCUT2D eigenvalue weighted by Crippen LogP contribution is 2.33. The molecule has 0 bridgehead atoms. The molecule has 1 aliphatic rings. The number of nitrogen functional groups attached to an aromatic ring is 1. The first-order chi connectivity index (χ1) is 18.8. The van der Waals surface area contributed by atoms with Gasteiger partial charge < -0.3 is 26.3 Å². The first-order valence-corrected chi connectivity index (χ1v) is 12.8. The maximum Gasteiger partial charge on any atom is 0.255 e. The molecule has 5 N–H and O–H groups in total. The van der Waals surface area contributed by atoms with Crippen LogP contribution in [0.3, 0.4) is 0 Å². The fraction of sp³-hybridized carbons (Fsp3) is 0.345. The van der Waals surface area contributed by atoms with E-state index in [-0.39, 0.29) is 36.1 Å². The molecule has 0 saturated carbocycles. The highest BCUT2D eigenvalue weighted by Gasteiger charge is 2.32. The number of methoxy groups -OCH3 is 1. The summed E-state index contributed by atoms with van der Waals surface area (Å²) >= 11 is 0. The molecule has 10 heteroatoms. The van der Waals surface area contributed by atoms with Gasteiger partial charge in [-0.1, -0.05) is 56.3 Å². The van der Waals surface area contributed by atoms with E-state index in [1.807, 2.05) is 20.8 Å². The smallest absolute Gasteiger partial charge is 0.255 e. The standard InChI is InChI=1S/C24H26FN5O4.C3H6.C2H6/c1-33-19-5-3-2-4-16(19)24(32)28-12-14-6-8-15(9-7-14)21-20(23(27)31)22(26)30(29-21)18-10-11-34-13-17(18)25;1-3-2;1-2/h2-9,17-18H,10-13,26H2,1H3,(H2,27,31)(H,28,32);3H,1H2,2H3;1-2H3. The lowest BCUT2D eigenvalue weighted by molar-refractivity contribution is 0.000592. The summed E-state index contributed by atoms with van der Waals surface area (Å²) in [5.41, 5.74) is 13.9. The number of amides is 2. The minimum absolute atomic E-state index is 0.0326. The molecule has 1 fully saturated rings. The molecule has 0 spiro atoms. The number of para-hydroxylation sites is 1. The quantitative estimate of drug-likeness (QED) is 0.373. The molecular weight excluding hydrogens is 501 g/mol. The van der Waals surface area contributed by atoms with Gasteiger partial charge in [-0.25, -0.2) is 9.07 Å². The van der Waals surface area contributed by atoms with E-state index in [1.54, 1.807) is 54.6 Å². The van der Waals surface area contributed by atoms with Crippen molar-refractivity contribution in [3.8, 4) is 17.0 Å². The number of anilines is 1. The number of hydrogen-bond acceptors (Lipinski definition) is 6. The zero-order chi connectivity index (χ0) is 28.9. The van der Waals surface area contributed by atoms with E-state index in [2.05, 4.69) is 17.0 Å². The SMILES string of the molecule is C=CC.CC.COc1ccccc1C(=O)NCc1ccc(-c2nn(C3CCOCC3F)c(N)c2C(N)=O)cc1. The normalized spacial score (nSPS) is 16.0.